The van der Waals surface area contributed by atoms with E-state index in [0.29, 0.717) is 18.4 Å². The van der Waals surface area contributed by atoms with E-state index in [1.54, 1.807) is 6.92 Å². The number of hydrogen-bond acceptors (Lipinski definition) is 5. The molecular weight excluding hydrogens is 308 g/mol. The predicted molar refractivity (Wildman–Crippen MR) is 84.8 cm³/mol. The summed E-state index contributed by atoms with van der Waals surface area (Å²) in [4.78, 5) is 37.9. The smallest absolute Gasteiger partial charge is 0.313 e. The predicted octanol–water partition coefficient (Wildman–Crippen LogP) is 1.74. The molecule has 3 aliphatic carbocycles. The Balaban J connectivity index is 1.86. The number of ketones is 2. The highest BCUT2D eigenvalue weighted by Gasteiger charge is 2.66. The van der Waals surface area contributed by atoms with Crippen LogP contribution in [0.2, 0.25) is 0 Å². The van der Waals surface area contributed by atoms with E-state index in [-0.39, 0.29) is 42.2 Å². The molecule has 0 bridgehead atoms. The summed E-state index contributed by atoms with van der Waals surface area (Å²) in [6, 6.07) is 0. The molecule has 1 aliphatic heterocycles. The van der Waals surface area contributed by atoms with Crippen molar-refractivity contribution in [3.63, 3.8) is 0 Å². The summed E-state index contributed by atoms with van der Waals surface area (Å²) < 4.78 is 5.50. The van der Waals surface area contributed by atoms with Crippen molar-refractivity contribution in [3.05, 3.63) is 23.3 Å². The number of esters is 1. The molecule has 1 saturated heterocycles. The van der Waals surface area contributed by atoms with Gasteiger partial charge >= 0.3 is 5.97 Å². The molecule has 24 heavy (non-hydrogen) atoms. The number of fused-ring (bicyclic) bond motifs is 1. The molecule has 0 aromatic carbocycles. The van der Waals surface area contributed by atoms with Crippen LogP contribution >= 0.6 is 0 Å². The fraction of sp³-hybridized carbons (Fsp3) is 0.632. The maximum absolute atomic E-state index is 13.1. The number of carbonyl (C=O) groups is 3. The molecule has 4 aliphatic rings. The van der Waals surface area contributed by atoms with Gasteiger partial charge in [-0.3, -0.25) is 14.4 Å². The highest BCUT2D eigenvalue weighted by Crippen LogP contribution is 2.57. The van der Waals surface area contributed by atoms with Gasteiger partial charge in [0, 0.05) is 30.8 Å². The SMILES string of the molecule is C=C(C)C1CC(=O)CC2=C(C1)C1C(=O)OC3CC(C)(O)C(C2=O)C31. The van der Waals surface area contributed by atoms with Crippen LogP contribution in [0.4, 0.5) is 0 Å². The number of hydrogen-bond donors (Lipinski definition) is 1. The van der Waals surface area contributed by atoms with Gasteiger partial charge in [-0.1, -0.05) is 12.2 Å². The Labute approximate surface area is 140 Å². The van der Waals surface area contributed by atoms with Crippen molar-refractivity contribution in [3.8, 4) is 0 Å². The largest absolute Gasteiger partial charge is 0.461 e. The van der Waals surface area contributed by atoms with Gasteiger partial charge in [-0.15, -0.1) is 0 Å². The molecule has 0 radical (unpaired) electrons. The van der Waals surface area contributed by atoms with Crippen molar-refractivity contribution in [1.29, 1.82) is 0 Å². The van der Waals surface area contributed by atoms with Gasteiger partial charge in [0.2, 0.25) is 0 Å². The minimum Gasteiger partial charge on any atom is -0.461 e. The zero-order valence-electron chi connectivity index (χ0n) is 14.0. The van der Waals surface area contributed by atoms with Crippen LogP contribution < -0.4 is 0 Å². The summed E-state index contributed by atoms with van der Waals surface area (Å²) >= 11 is 0. The Morgan fingerprint density at radius 1 is 1.29 bits per heavy atom. The summed E-state index contributed by atoms with van der Waals surface area (Å²) in [5, 5.41) is 10.7. The van der Waals surface area contributed by atoms with Crippen molar-refractivity contribution in [2.45, 2.75) is 51.2 Å². The highest BCUT2D eigenvalue weighted by atomic mass is 16.6. The van der Waals surface area contributed by atoms with Crippen molar-refractivity contribution >= 4 is 17.5 Å². The average molecular weight is 330 g/mol. The van der Waals surface area contributed by atoms with E-state index >= 15 is 0 Å². The fourth-order valence-corrected chi connectivity index (χ4v) is 5.25. The number of ether oxygens (including phenoxy) is 1. The van der Waals surface area contributed by atoms with E-state index in [4.69, 9.17) is 4.74 Å². The third kappa shape index (κ3) is 2.00. The topological polar surface area (TPSA) is 80.7 Å². The van der Waals surface area contributed by atoms with Crippen molar-refractivity contribution in [1.82, 2.24) is 0 Å². The van der Waals surface area contributed by atoms with E-state index in [2.05, 4.69) is 6.58 Å². The summed E-state index contributed by atoms with van der Waals surface area (Å²) in [6.07, 6.45) is 0.815. The van der Waals surface area contributed by atoms with Gasteiger partial charge in [0.05, 0.1) is 17.4 Å². The zero-order chi connectivity index (χ0) is 17.4. The molecule has 4 rings (SSSR count). The fourth-order valence-electron chi connectivity index (χ4n) is 5.25. The number of rotatable bonds is 1. The molecule has 2 fully saturated rings. The number of carbonyl (C=O) groups excluding carboxylic acids is 3. The molecular formula is C19H22O5. The van der Waals surface area contributed by atoms with E-state index in [9.17, 15) is 19.5 Å². The average Bonchev–Trinajstić information content (AvgIpc) is 2.81. The van der Waals surface area contributed by atoms with Crippen molar-refractivity contribution in [2.24, 2.45) is 23.7 Å². The molecule has 128 valence electrons. The zero-order valence-corrected chi connectivity index (χ0v) is 14.0. The lowest BCUT2D eigenvalue weighted by Crippen LogP contribution is -2.45. The third-order valence-electron chi connectivity index (χ3n) is 6.36. The van der Waals surface area contributed by atoms with E-state index in [1.807, 2.05) is 6.92 Å². The van der Waals surface area contributed by atoms with Crippen LogP contribution in [0.1, 0.15) is 39.5 Å². The van der Waals surface area contributed by atoms with Crippen LogP contribution in [0.25, 0.3) is 0 Å². The monoisotopic (exact) mass is 330 g/mol. The first-order valence-corrected chi connectivity index (χ1v) is 8.57. The molecule has 0 aromatic rings. The molecule has 5 nitrogen and oxygen atoms in total. The van der Waals surface area contributed by atoms with Crippen molar-refractivity contribution in [2.75, 3.05) is 0 Å². The Kier molecular flexibility index (Phi) is 3.21. The van der Waals surface area contributed by atoms with Crippen molar-refractivity contribution < 1.29 is 24.2 Å². The van der Waals surface area contributed by atoms with Crippen LogP contribution in [0, 0.1) is 23.7 Å². The lowest BCUT2D eigenvalue weighted by Gasteiger charge is -2.36. The Morgan fingerprint density at radius 3 is 2.67 bits per heavy atom. The number of aliphatic hydroxyl groups is 1. The Morgan fingerprint density at radius 2 is 2.00 bits per heavy atom. The maximum atomic E-state index is 13.1. The van der Waals surface area contributed by atoms with Crippen LogP contribution in [0.5, 0.6) is 0 Å². The number of Topliss-reactive ketones (excluding diaryl/α,β-unsaturated/α-hetero) is 2. The van der Waals surface area contributed by atoms with Gasteiger partial charge in [-0.05, 0) is 31.8 Å². The van der Waals surface area contributed by atoms with E-state index in [0.717, 1.165) is 11.1 Å². The molecule has 1 N–H and O–H groups in total. The first kappa shape index (κ1) is 15.8. The molecule has 6 atom stereocenters. The second-order valence-electron chi connectivity index (χ2n) is 8.10. The Hall–Kier alpha value is -1.75. The van der Waals surface area contributed by atoms with Crippen LogP contribution in [0.3, 0.4) is 0 Å². The van der Waals surface area contributed by atoms with Gasteiger partial charge in [0.1, 0.15) is 11.9 Å². The first-order valence-electron chi connectivity index (χ1n) is 8.57. The minimum atomic E-state index is -1.19. The summed E-state index contributed by atoms with van der Waals surface area (Å²) in [5.41, 5.74) is 0.931. The third-order valence-corrected chi connectivity index (χ3v) is 6.36. The lowest BCUT2D eigenvalue weighted by molar-refractivity contribution is -0.146. The van der Waals surface area contributed by atoms with E-state index in [1.165, 1.54) is 0 Å². The molecule has 0 aromatic heterocycles. The molecule has 0 amide bonds. The standard InChI is InChI=1S/C19H22O5/c1-8(2)9-4-10(20)6-12-11(5-9)14-15-13(24-18(14)22)7-19(3,23)16(15)17(12)21/h9,13-16,23H,1,4-7H2,2-3H3. The van der Waals surface area contributed by atoms with Crippen LogP contribution in [-0.4, -0.2) is 34.3 Å². The second-order valence-corrected chi connectivity index (χ2v) is 8.10. The van der Waals surface area contributed by atoms with Gasteiger partial charge < -0.3 is 9.84 Å². The highest BCUT2D eigenvalue weighted by molar-refractivity contribution is 6.06. The van der Waals surface area contributed by atoms with Gasteiger partial charge in [0.15, 0.2) is 5.78 Å². The lowest BCUT2D eigenvalue weighted by atomic mass is 9.66. The second kappa shape index (κ2) is 4.88. The Bertz CT molecular complexity index is 713. The normalized spacial score (nSPS) is 44.1. The quantitative estimate of drug-likeness (QED) is 0.585. The van der Waals surface area contributed by atoms with Crippen LogP contribution in [0.15, 0.2) is 23.3 Å². The minimum absolute atomic E-state index is 0.000328. The molecule has 6 unspecified atom stereocenters. The van der Waals surface area contributed by atoms with Gasteiger partial charge in [-0.25, -0.2) is 0 Å². The first-order chi connectivity index (χ1) is 11.2. The molecule has 1 saturated carbocycles. The molecule has 1 heterocycles. The van der Waals surface area contributed by atoms with E-state index < -0.39 is 23.5 Å². The van der Waals surface area contributed by atoms with Crippen LogP contribution in [-0.2, 0) is 19.1 Å². The van der Waals surface area contributed by atoms with Gasteiger partial charge in [-0.2, -0.15) is 0 Å². The molecule has 0 spiro atoms. The summed E-state index contributed by atoms with van der Waals surface area (Å²) in [6.45, 7) is 7.49. The summed E-state index contributed by atoms with van der Waals surface area (Å²) in [7, 11) is 0. The molecule has 5 heteroatoms. The number of allylic oxidation sites excluding steroid dienone is 2. The maximum Gasteiger partial charge on any atom is 0.313 e. The van der Waals surface area contributed by atoms with Gasteiger partial charge in [0.25, 0.3) is 0 Å². The summed E-state index contributed by atoms with van der Waals surface area (Å²) in [5.74, 6) is -1.93.